The minimum atomic E-state index is -0.521. The van der Waals surface area contributed by atoms with Crippen molar-refractivity contribution in [2.75, 3.05) is 11.6 Å². The number of thioether (sulfide) groups is 1. The number of anilines is 1. The van der Waals surface area contributed by atoms with Crippen LogP contribution in [0, 0.1) is 0 Å². The zero-order chi connectivity index (χ0) is 22.3. The summed E-state index contributed by atoms with van der Waals surface area (Å²) in [4.78, 5) is 44.9. The highest BCUT2D eigenvalue weighted by atomic mass is 32.2. The number of nitrogens with one attached hydrogen (secondary N) is 2. The molecule has 0 unspecified atom stereocenters. The summed E-state index contributed by atoms with van der Waals surface area (Å²) in [5.74, 6) is 0.109. The molecule has 1 heterocycles. The molecule has 1 saturated carbocycles. The van der Waals surface area contributed by atoms with E-state index in [1.807, 2.05) is 27.0 Å². The quantitative estimate of drug-likeness (QED) is 0.272. The molecule has 2 N–H and O–H groups in total. The standard InChI is InChI=1S/C21H32N4O4S/c1-6-15(26)11-17(27)16-12-22-19(30-5)25-18(16)23-13-7-9-14(10-8-13)24-20(28)29-21(2,3)4/h12-14H,6-11H2,1-5H3,(H,24,28)(H,22,23,25). The molecule has 1 aromatic rings. The van der Waals surface area contributed by atoms with Crippen LogP contribution < -0.4 is 10.6 Å². The van der Waals surface area contributed by atoms with Crippen molar-refractivity contribution in [1.29, 1.82) is 0 Å². The summed E-state index contributed by atoms with van der Waals surface area (Å²) in [6.45, 7) is 7.26. The smallest absolute Gasteiger partial charge is 0.407 e. The number of alkyl carbamates (subject to hydrolysis) is 1. The number of rotatable bonds is 8. The fraction of sp³-hybridized carbons (Fsp3) is 0.667. The lowest BCUT2D eigenvalue weighted by molar-refractivity contribution is -0.117. The van der Waals surface area contributed by atoms with Crippen molar-refractivity contribution in [1.82, 2.24) is 15.3 Å². The van der Waals surface area contributed by atoms with E-state index < -0.39 is 11.7 Å². The molecule has 166 valence electrons. The first-order valence-electron chi connectivity index (χ1n) is 10.3. The van der Waals surface area contributed by atoms with Gasteiger partial charge in [0.1, 0.15) is 17.2 Å². The molecule has 1 aromatic heterocycles. The number of aromatic nitrogens is 2. The van der Waals surface area contributed by atoms with Crippen LogP contribution in [0.1, 0.15) is 76.6 Å². The van der Waals surface area contributed by atoms with Crippen LogP contribution in [0.25, 0.3) is 0 Å². The maximum Gasteiger partial charge on any atom is 0.407 e. The Kier molecular flexibility index (Phi) is 8.64. The molecule has 0 aliphatic heterocycles. The van der Waals surface area contributed by atoms with Gasteiger partial charge in [0.05, 0.1) is 12.0 Å². The Morgan fingerprint density at radius 3 is 2.37 bits per heavy atom. The van der Waals surface area contributed by atoms with Gasteiger partial charge in [-0.3, -0.25) is 9.59 Å². The van der Waals surface area contributed by atoms with E-state index in [4.69, 9.17) is 4.74 Å². The molecule has 2 rings (SSSR count). The lowest BCUT2D eigenvalue weighted by Crippen LogP contribution is -2.42. The number of hydrogen-bond donors (Lipinski definition) is 2. The number of carbonyl (C=O) groups excluding carboxylic acids is 3. The van der Waals surface area contributed by atoms with Gasteiger partial charge in [-0.05, 0) is 52.7 Å². The highest BCUT2D eigenvalue weighted by molar-refractivity contribution is 7.98. The maximum absolute atomic E-state index is 12.6. The summed E-state index contributed by atoms with van der Waals surface area (Å²) in [6, 6.07) is 0.188. The molecule has 1 aliphatic rings. The SMILES string of the molecule is CCC(=O)CC(=O)c1cnc(SC)nc1NC1CCC(NC(=O)OC(C)(C)C)CC1. The van der Waals surface area contributed by atoms with E-state index in [1.54, 1.807) is 6.92 Å². The van der Waals surface area contributed by atoms with Crippen LogP contribution in [0.3, 0.4) is 0 Å². The van der Waals surface area contributed by atoms with Crippen molar-refractivity contribution in [3.8, 4) is 0 Å². The van der Waals surface area contributed by atoms with Gasteiger partial charge < -0.3 is 15.4 Å². The second-order valence-electron chi connectivity index (χ2n) is 8.45. The molecule has 9 heteroatoms. The summed E-state index contributed by atoms with van der Waals surface area (Å²) in [6.07, 6.45) is 6.40. The average molecular weight is 437 g/mol. The highest BCUT2D eigenvalue weighted by Crippen LogP contribution is 2.25. The van der Waals surface area contributed by atoms with Gasteiger partial charge in [-0.15, -0.1) is 0 Å². The van der Waals surface area contributed by atoms with E-state index in [0.29, 0.717) is 23.0 Å². The van der Waals surface area contributed by atoms with Gasteiger partial charge in [0.2, 0.25) is 0 Å². The molecule has 30 heavy (non-hydrogen) atoms. The highest BCUT2D eigenvalue weighted by Gasteiger charge is 2.26. The van der Waals surface area contributed by atoms with Gasteiger partial charge in [0.25, 0.3) is 0 Å². The molecular weight excluding hydrogens is 404 g/mol. The number of Topliss-reactive ketones (excluding diaryl/α,β-unsaturated/α-hetero) is 2. The molecule has 0 saturated heterocycles. The minimum Gasteiger partial charge on any atom is -0.444 e. The summed E-state index contributed by atoms with van der Waals surface area (Å²) in [5.41, 5.74) is -0.170. The first kappa shape index (κ1) is 24.1. The summed E-state index contributed by atoms with van der Waals surface area (Å²) >= 11 is 1.39. The molecule has 1 fully saturated rings. The van der Waals surface area contributed by atoms with Crippen molar-refractivity contribution in [3.63, 3.8) is 0 Å². The van der Waals surface area contributed by atoms with Crippen molar-refractivity contribution in [2.45, 2.75) is 89.1 Å². The minimum absolute atomic E-state index is 0.0633. The summed E-state index contributed by atoms with van der Waals surface area (Å²) in [7, 11) is 0. The van der Waals surface area contributed by atoms with Crippen LogP contribution in [0.4, 0.5) is 10.6 Å². The van der Waals surface area contributed by atoms with E-state index in [-0.39, 0.29) is 30.1 Å². The lowest BCUT2D eigenvalue weighted by atomic mass is 9.91. The van der Waals surface area contributed by atoms with Crippen molar-refractivity contribution >= 4 is 35.2 Å². The number of amides is 1. The Bertz CT molecular complexity index is 771. The number of hydrogen-bond acceptors (Lipinski definition) is 8. The van der Waals surface area contributed by atoms with Gasteiger partial charge >= 0.3 is 6.09 Å². The normalized spacial score (nSPS) is 19.1. The molecule has 8 nitrogen and oxygen atoms in total. The predicted molar refractivity (Wildman–Crippen MR) is 117 cm³/mol. The van der Waals surface area contributed by atoms with Gasteiger partial charge in [-0.2, -0.15) is 0 Å². The van der Waals surface area contributed by atoms with Gasteiger partial charge in [0.15, 0.2) is 10.9 Å². The van der Waals surface area contributed by atoms with Crippen LogP contribution in [0.15, 0.2) is 11.4 Å². The van der Waals surface area contributed by atoms with Crippen molar-refractivity contribution in [2.24, 2.45) is 0 Å². The van der Waals surface area contributed by atoms with E-state index in [9.17, 15) is 14.4 Å². The zero-order valence-corrected chi connectivity index (χ0v) is 19.2. The summed E-state index contributed by atoms with van der Waals surface area (Å²) in [5, 5.41) is 6.86. The molecule has 1 aliphatic carbocycles. The van der Waals surface area contributed by atoms with Gasteiger partial charge in [0, 0.05) is 24.7 Å². The largest absolute Gasteiger partial charge is 0.444 e. The Labute approximate surface area is 182 Å². The predicted octanol–water partition coefficient (Wildman–Crippen LogP) is 4.00. The van der Waals surface area contributed by atoms with Crippen LogP contribution in [0.2, 0.25) is 0 Å². The van der Waals surface area contributed by atoms with Crippen LogP contribution in [0.5, 0.6) is 0 Å². The molecule has 0 radical (unpaired) electrons. The third-order valence-electron chi connectivity index (χ3n) is 4.79. The Morgan fingerprint density at radius 1 is 1.17 bits per heavy atom. The summed E-state index contributed by atoms with van der Waals surface area (Å²) < 4.78 is 5.32. The molecule has 0 atom stereocenters. The van der Waals surface area contributed by atoms with Crippen LogP contribution in [-0.4, -0.2) is 51.6 Å². The Morgan fingerprint density at radius 2 is 1.80 bits per heavy atom. The van der Waals surface area contributed by atoms with E-state index >= 15 is 0 Å². The third-order valence-corrected chi connectivity index (χ3v) is 5.35. The van der Waals surface area contributed by atoms with Crippen molar-refractivity contribution < 1.29 is 19.1 Å². The van der Waals surface area contributed by atoms with E-state index in [0.717, 1.165) is 25.7 Å². The average Bonchev–Trinajstić information content (AvgIpc) is 2.67. The Hall–Kier alpha value is -2.16. The first-order valence-corrected chi connectivity index (χ1v) is 11.6. The number of ether oxygens (including phenoxy) is 1. The number of nitrogens with zero attached hydrogens (tertiary/aromatic N) is 2. The fourth-order valence-corrected chi connectivity index (χ4v) is 3.57. The van der Waals surface area contributed by atoms with Crippen LogP contribution in [-0.2, 0) is 9.53 Å². The van der Waals surface area contributed by atoms with Gasteiger partial charge in [-0.25, -0.2) is 14.8 Å². The van der Waals surface area contributed by atoms with Gasteiger partial charge in [-0.1, -0.05) is 18.7 Å². The third kappa shape index (κ3) is 7.59. The van der Waals surface area contributed by atoms with Crippen LogP contribution >= 0.6 is 11.8 Å². The van der Waals surface area contributed by atoms with E-state index in [1.165, 1.54) is 18.0 Å². The topological polar surface area (TPSA) is 110 Å². The number of ketones is 2. The lowest BCUT2D eigenvalue weighted by Gasteiger charge is -2.31. The molecule has 0 bridgehead atoms. The zero-order valence-electron chi connectivity index (χ0n) is 18.4. The molecule has 1 amide bonds. The number of carbonyl (C=O) groups is 3. The second-order valence-corrected chi connectivity index (χ2v) is 9.22. The van der Waals surface area contributed by atoms with Crippen molar-refractivity contribution in [3.05, 3.63) is 11.8 Å². The fourth-order valence-electron chi connectivity index (χ4n) is 3.23. The Balaban J connectivity index is 1.99. The monoisotopic (exact) mass is 436 g/mol. The molecule has 0 spiro atoms. The molecule has 0 aromatic carbocycles. The first-order chi connectivity index (χ1) is 14.1. The second kappa shape index (κ2) is 10.7. The molecular formula is C21H32N4O4S. The van der Waals surface area contributed by atoms with E-state index in [2.05, 4.69) is 20.6 Å². The maximum atomic E-state index is 12.6.